The van der Waals surface area contributed by atoms with Crippen LogP contribution in [0.25, 0.3) is 43.4 Å². The fourth-order valence-electron chi connectivity index (χ4n) is 4.70. The molecule has 6 aromatic rings. The van der Waals surface area contributed by atoms with E-state index in [0.29, 0.717) is 30.5 Å². The van der Waals surface area contributed by atoms with Gasteiger partial charge in [0.15, 0.2) is 17.3 Å². The molecule has 0 saturated carbocycles. The SMILES string of the molecule is COc1ccc(-c2cc(-c3cc(C)c(C)c(OC)c3)no2)cc1OCCOc1cccc(-c2nc3ccccc3s2)c1. The van der Waals surface area contributed by atoms with E-state index >= 15 is 0 Å². The molecule has 2 heterocycles. The molecule has 0 N–H and O–H groups in total. The maximum atomic E-state index is 6.08. The summed E-state index contributed by atoms with van der Waals surface area (Å²) < 4.78 is 30.0. The zero-order valence-corrected chi connectivity index (χ0v) is 24.7. The fourth-order valence-corrected chi connectivity index (χ4v) is 5.66. The molecule has 0 aliphatic rings. The first-order valence-corrected chi connectivity index (χ1v) is 14.4. The van der Waals surface area contributed by atoms with Crippen molar-refractivity contribution in [3.05, 3.63) is 96.1 Å². The lowest BCUT2D eigenvalue weighted by Gasteiger charge is -2.12. The monoisotopic (exact) mass is 578 g/mol. The van der Waals surface area contributed by atoms with Crippen LogP contribution < -0.4 is 18.9 Å². The molecule has 0 bridgehead atoms. The summed E-state index contributed by atoms with van der Waals surface area (Å²) in [4.78, 5) is 4.75. The summed E-state index contributed by atoms with van der Waals surface area (Å²) in [5, 5.41) is 5.27. The summed E-state index contributed by atoms with van der Waals surface area (Å²) in [6, 6.07) is 27.7. The van der Waals surface area contributed by atoms with Gasteiger partial charge in [-0.2, -0.15) is 0 Å². The Kier molecular flexibility index (Phi) is 7.79. The van der Waals surface area contributed by atoms with Crippen molar-refractivity contribution in [3.63, 3.8) is 0 Å². The number of hydrogen-bond acceptors (Lipinski definition) is 8. The van der Waals surface area contributed by atoms with Gasteiger partial charge in [0.05, 0.1) is 24.4 Å². The van der Waals surface area contributed by atoms with Crippen LogP contribution in [0.1, 0.15) is 11.1 Å². The molecule has 0 spiro atoms. The average molecular weight is 579 g/mol. The standard InChI is InChI=1S/C34H30N2O5S/c1-21-16-25(19-30(38-4)22(21)2)28-20-31(41-36-28)23-12-13-29(37-3)32(18-23)40-15-14-39-26-9-7-8-24(17-26)34-35-27-10-5-6-11-33(27)42-34/h5-13,16-20H,14-15H2,1-4H3. The number of thiazole rings is 1. The van der Waals surface area contributed by atoms with Crippen molar-refractivity contribution in [2.45, 2.75) is 13.8 Å². The van der Waals surface area contributed by atoms with E-state index in [9.17, 15) is 0 Å². The van der Waals surface area contributed by atoms with Crippen LogP contribution in [-0.4, -0.2) is 37.6 Å². The first kappa shape index (κ1) is 27.4. The fraction of sp³-hybridized carbons (Fsp3) is 0.176. The number of ether oxygens (including phenoxy) is 4. The Morgan fingerprint density at radius 1 is 0.714 bits per heavy atom. The Balaban J connectivity index is 1.13. The van der Waals surface area contributed by atoms with Crippen LogP contribution in [0, 0.1) is 13.8 Å². The highest BCUT2D eigenvalue weighted by Crippen LogP contribution is 2.36. The van der Waals surface area contributed by atoms with Crippen LogP contribution in [0.4, 0.5) is 0 Å². The van der Waals surface area contributed by atoms with Gasteiger partial charge < -0.3 is 23.5 Å². The minimum Gasteiger partial charge on any atom is -0.496 e. The van der Waals surface area contributed by atoms with Crippen LogP contribution in [0.15, 0.2) is 89.5 Å². The van der Waals surface area contributed by atoms with E-state index in [1.165, 1.54) is 0 Å². The summed E-state index contributed by atoms with van der Waals surface area (Å²) in [5.41, 5.74) is 6.73. The van der Waals surface area contributed by atoms with Gasteiger partial charge in [-0.15, -0.1) is 11.3 Å². The number of nitrogens with zero attached hydrogens (tertiary/aromatic N) is 2. The summed E-state index contributed by atoms with van der Waals surface area (Å²) >= 11 is 1.67. The van der Waals surface area contributed by atoms with Crippen molar-refractivity contribution in [2.75, 3.05) is 27.4 Å². The molecule has 0 radical (unpaired) electrons. The third-order valence-electron chi connectivity index (χ3n) is 7.08. The number of fused-ring (bicyclic) bond motifs is 1. The number of rotatable bonds is 10. The maximum Gasteiger partial charge on any atom is 0.167 e. The first-order chi connectivity index (χ1) is 20.5. The van der Waals surface area contributed by atoms with Crippen LogP contribution in [0.2, 0.25) is 0 Å². The molecule has 42 heavy (non-hydrogen) atoms. The average Bonchev–Trinajstić information content (AvgIpc) is 3.69. The van der Waals surface area contributed by atoms with E-state index in [1.807, 2.05) is 79.7 Å². The quantitative estimate of drug-likeness (QED) is 0.151. The van der Waals surface area contributed by atoms with Crippen LogP contribution in [0.3, 0.4) is 0 Å². The highest BCUT2D eigenvalue weighted by atomic mass is 32.1. The molecule has 0 unspecified atom stereocenters. The van der Waals surface area contributed by atoms with Gasteiger partial charge in [-0.3, -0.25) is 0 Å². The van der Waals surface area contributed by atoms with Gasteiger partial charge in [0.25, 0.3) is 0 Å². The van der Waals surface area contributed by atoms with E-state index in [0.717, 1.165) is 60.2 Å². The Morgan fingerprint density at radius 3 is 2.36 bits per heavy atom. The zero-order chi connectivity index (χ0) is 29.1. The predicted molar refractivity (Wildman–Crippen MR) is 166 cm³/mol. The topological polar surface area (TPSA) is 75.8 Å². The zero-order valence-electron chi connectivity index (χ0n) is 23.8. The molecule has 8 heteroatoms. The highest BCUT2D eigenvalue weighted by molar-refractivity contribution is 7.21. The van der Waals surface area contributed by atoms with E-state index in [-0.39, 0.29) is 0 Å². The van der Waals surface area contributed by atoms with Crippen LogP contribution in [-0.2, 0) is 0 Å². The summed E-state index contributed by atoms with van der Waals surface area (Å²) in [5.74, 6) is 3.41. The van der Waals surface area contributed by atoms with E-state index in [2.05, 4.69) is 24.2 Å². The molecular weight excluding hydrogens is 548 g/mol. The molecule has 0 aliphatic carbocycles. The van der Waals surface area contributed by atoms with Gasteiger partial charge in [-0.05, 0) is 79.6 Å². The third kappa shape index (κ3) is 5.66. The Labute approximate surface area is 248 Å². The van der Waals surface area contributed by atoms with Gasteiger partial charge in [0.1, 0.15) is 35.4 Å². The van der Waals surface area contributed by atoms with Gasteiger partial charge in [-0.1, -0.05) is 29.4 Å². The third-order valence-corrected chi connectivity index (χ3v) is 8.16. The van der Waals surface area contributed by atoms with Gasteiger partial charge >= 0.3 is 0 Å². The molecule has 0 saturated heterocycles. The number of para-hydroxylation sites is 1. The van der Waals surface area contributed by atoms with Crippen molar-refractivity contribution in [1.29, 1.82) is 0 Å². The normalized spacial score (nSPS) is 11.0. The highest BCUT2D eigenvalue weighted by Gasteiger charge is 2.15. The van der Waals surface area contributed by atoms with Crippen molar-refractivity contribution >= 4 is 21.6 Å². The number of aryl methyl sites for hydroxylation is 1. The summed E-state index contributed by atoms with van der Waals surface area (Å²) in [6.45, 7) is 4.78. The Bertz CT molecular complexity index is 1830. The van der Waals surface area contributed by atoms with E-state index < -0.39 is 0 Å². The summed E-state index contributed by atoms with van der Waals surface area (Å²) in [6.07, 6.45) is 0. The smallest absolute Gasteiger partial charge is 0.167 e. The molecule has 7 nitrogen and oxygen atoms in total. The Morgan fingerprint density at radius 2 is 1.52 bits per heavy atom. The molecule has 4 aromatic carbocycles. The first-order valence-electron chi connectivity index (χ1n) is 13.5. The van der Waals surface area contributed by atoms with Crippen molar-refractivity contribution in [2.24, 2.45) is 0 Å². The molecule has 0 atom stereocenters. The molecule has 0 fully saturated rings. The lowest BCUT2D eigenvalue weighted by atomic mass is 10.0. The largest absolute Gasteiger partial charge is 0.496 e. The number of aromatic nitrogens is 2. The molecular formula is C34H30N2O5S. The molecule has 0 amide bonds. The lowest BCUT2D eigenvalue weighted by Crippen LogP contribution is -2.09. The lowest BCUT2D eigenvalue weighted by molar-refractivity contribution is 0.211. The minimum absolute atomic E-state index is 0.329. The van der Waals surface area contributed by atoms with Crippen molar-refractivity contribution < 1.29 is 23.5 Å². The second kappa shape index (κ2) is 12.0. The Hall–Kier alpha value is -4.82. The minimum atomic E-state index is 0.329. The van der Waals surface area contributed by atoms with E-state index in [1.54, 1.807) is 25.6 Å². The van der Waals surface area contributed by atoms with Gasteiger partial charge in [-0.25, -0.2) is 4.98 Å². The number of benzene rings is 4. The molecule has 212 valence electrons. The summed E-state index contributed by atoms with van der Waals surface area (Å²) in [7, 11) is 3.29. The van der Waals surface area contributed by atoms with Gasteiger partial charge in [0.2, 0.25) is 0 Å². The molecule has 0 aliphatic heterocycles. The van der Waals surface area contributed by atoms with E-state index in [4.69, 9.17) is 28.5 Å². The predicted octanol–water partition coefficient (Wildman–Crippen LogP) is 8.38. The van der Waals surface area contributed by atoms with Crippen molar-refractivity contribution in [3.8, 4) is 56.2 Å². The number of hydrogen-bond donors (Lipinski definition) is 0. The maximum absolute atomic E-state index is 6.08. The number of methoxy groups -OCH3 is 2. The van der Waals surface area contributed by atoms with Crippen molar-refractivity contribution in [1.82, 2.24) is 10.1 Å². The second-order valence-corrected chi connectivity index (χ2v) is 10.8. The van der Waals surface area contributed by atoms with Crippen LogP contribution >= 0.6 is 11.3 Å². The molecule has 2 aromatic heterocycles. The molecule has 6 rings (SSSR count). The van der Waals surface area contributed by atoms with Crippen LogP contribution in [0.5, 0.6) is 23.0 Å². The second-order valence-electron chi connectivity index (χ2n) is 9.77. The van der Waals surface area contributed by atoms with Gasteiger partial charge in [0, 0.05) is 22.8 Å².